The van der Waals surface area contributed by atoms with Crippen LogP contribution in [-0.4, -0.2) is 38.2 Å². The van der Waals surface area contributed by atoms with Gasteiger partial charge in [0.05, 0.1) is 13.7 Å². The fourth-order valence-corrected chi connectivity index (χ4v) is 0.711. The lowest BCUT2D eigenvalue weighted by molar-refractivity contribution is -0.154. The topological polar surface area (TPSA) is 78.9 Å². The minimum atomic E-state index is -0.795. The van der Waals surface area contributed by atoms with E-state index in [0.717, 1.165) is 6.08 Å². The highest BCUT2D eigenvalue weighted by atomic mass is 16.6. The summed E-state index contributed by atoms with van der Waals surface area (Å²) in [7, 11) is 1.18. The van der Waals surface area contributed by atoms with Gasteiger partial charge in [-0.25, -0.2) is 14.4 Å². The second-order valence-corrected chi connectivity index (χ2v) is 2.73. The van der Waals surface area contributed by atoms with Crippen LogP contribution in [0.15, 0.2) is 11.6 Å². The fourth-order valence-electron chi connectivity index (χ4n) is 0.711. The van der Waals surface area contributed by atoms with Crippen LogP contribution >= 0.6 is 0 Å². The molecular weight excluding hydrogens is 216 g/mol. The predicted octanol–water partition coefficient (Wildman–Crippen LogP) is 0.212. The molecule has 0 unspecified atom stereocenters. The molecule has 0 aromatic carbocycles. The Morgan fingerprint density at radius 2 is 1.81 bits per heavy atom. The van der Waals surface area contributed by atoms with Crippen LogP contribution in [0.1, 0.15) is 13.8 Å². The standard InChI is InChI=1S/C10H14O6/c1-4-15-10(13)7(2)5-8(11)16-6-9(12)14-3/h5H,4,6H2,1-3H3/b7-5-. The first-order valence-electron chi connectivity index (χ1n) is 4.60. The van der Waals surface area contributed by atoms with Crippen molar-refractivity contribution in [1.29, 1.82) is 0 Å². The lowest BCUT2D eigenvalue weighted by Gasteiger charge is -2.02. The highest BCUT2D eigenvalue weighted by molar-refractivity contribution is 5.96. The Morgan fingerprint density at radius 3 is 2.31 bits per heavy atom. The molecule has 0 amide bonds. The number of methoxy groups -OCH3 is 1. The van der Waals surface area contributed by atoms with E-state index in [2.05, 4.69) is 14.2 Å². The van der Waals surface area contributed by atoms with Gasteiger partial charge >= 0.3 is 17.9 Å². The van der Waals surface area contributed by atoms with Crippen molar-refractivity contribution in [3.8, 4) is 0 Å². The fraction of sp³-hybridized carbons (Fsp3) is 0.500. The molecular formula is C10H14O6. The van der Waals surface area contributed by atoms with Gasteiger partial charge in [0.25, 0.3) is 0 Å². The Bertz CT molecular complexity index is 304. The van der Waals surface area contributed by atoms with Gasteiger partial charge in [0.1, 0.15) is 0 Å². The van der Waals surface area contributed by atoms with Crippen LogP contribution in [0.4, 0.5) is 0 Å². The van der Waals surface area contributed by atoms with Gasteiger partial charge in [-0.3, -0.25) is 0 Å². The zero-order valence-electron chi connectivity index (χ0n) is 9.44. The maximum absolute atomic E-state index is 11.1. The molecule has 0 fully saturated rings. The van der Waals surface area contributed by atoms with Crippen molar-refractivity contribution in [2.75, 3.05) is 20.3 Å². The Labute approximate surface area is 93.2 Å². The van der Waals surface area contributed by atoms with Gasteiger partial charge < -0.3 is 14.2 Å². The van der Waals surface area contributed by atoms with E-state index < -0.39 is 24.5 Å². The summed E-state index contributed by atoms with van der Waals surface area (Å²) >= 11 is 0. The average Bonchev–Trinajstić information content (AvgIpc) is 2.26. The van der Waals surface area contributed by atoms with E-state index in [9.17, 15) is 14.4 Å². The first-order chi connectivity index (χ1) is 7.51. The summed E-state index contributed by atoms with van der Waals surface area (Å²) in [6, 6.07) is 0. The highest BCUT2D eigenvalue weighted by Crippen LogP contribution is 1.97. The number of esters is 3. The molecule has 90 valence electrons. The molecule has 0 bridgehead atoms. The predicted molar refractivity (Wildman–Crippen MR) is 53.4 cm³/mol. The van der Waals surface area contributed by atoms with Crippen LogP contribution in [0.3, 0.4) is 0 Å². The van der Waals surface area contributed by atoms with E-state index in [1.54, 1.807) is 6.92 Å². The molecule has 0 radical (unpaired) electrons. The maximum atomic E-state index is 11.1. The smallest absolute Gasteiger partial charge is 0.344 e. The molecule has 0 heterocycles. The molecule has 6 nitrogen and oxygen atoms in total. The summed E-state index contributed by atoms with van der Waals surface area (Å²) < 4.78 is 13.4. The second kappa shape index (κ2) is 7.44. The molecule has 0 aliphatic heterocycles. The van der Waals surface area contributed by atoms with Crippen LogP contribution in [0.2, 0.25) is 0 Å². The third kappa shape index (κ3) is 5.79. The van der Waals surface area contributed by atoms with Gasteiger partial charge in [-0.15, -0.1) is 0 Å². The number of rotatable bonds is 5. The van der Waals surface area contributed by atoms with Crippen LogP contribution < -0.4 is 0 Å². The number of carbonyl (C=O) groups is 3. The zero-order valence-corrected chi connectivity index (χ0v) is 9.44. The summed E-state index contributed by atoms with van der Waals surface area (Å²) in [5, 5.41) is 0. The van der Waals surface area contributed by atoms with Gasteiger partial charge in [-0.1, -0.05) is 0 Å². The number of ether oxygens (including phenoxy) is 3. The minimum absolute atomic E-state index is 0.108. The van der Waals surface area contributed by atoms with Gasteiger partial charge in [0, 0.05) is 11.6 Å². The number of carbonyl (C=O) groups excluding carboxylic acids is 3. The Kier molecular flexibility index (Phi) is 6.58. The van der Waals surface area contributed by atoms with Crippen LogP contribution in [0.25, 0.3) is 0 Å². The molecule has 0 aromatic heterocycles. The number of hydrogen-bond donors (Lipinski definition) is 0. The highest BCUT2D eigenvalue weighted by Gasteiger charge is 2.09. The second-order valence-electron chi connectivity index (χ2n) is 2.73. The van der Waals surface area contributed by atoms with Crippen LogP contribution in [0, 0.1) is 0 Å². The average molecular weight is 230 g/mol. The molecule has 0 atom stereocenters. The first-order valence-corrected chi connectivity index (χ1v) is 4.60. The summed E-state index contributed by atoms with van der Waals surface area (Å²) in [6.07, 6.45) is 0.959. The first kappa shape index (κ1) is 14.2. The lowest BCUT2D eigenvalue weighted by atomic mass is 10.3. The van der Waals surface area contributed by atoms with E-state index in [1.165, 1.54) is 14.0 Å². The summed E-state index contributed by atoms with van der Waals surface area (Å²) in [5.41, 5.74) is 0.108. The number of hydrogen-bond acceptors (Lipinski definition) is 6. The summed E-state index contributed by atoms with van der Waals surface area (Å²) in [6.45, 7) is 2.81. The molecule has 0 saturated heterocycles. The SMILES string of the molecule is CCOC(=O)/C(C)=C\C(=O)OCC(=O)OC. The van der Waals surface area contributed by atoms with Crippen molar-refractivity contribution in [2.45, 2.75) is 13.8 Å². The zero-order chi connectivity index (χ0) is 12.6. The van der Waals surface area contributed by atoms with Crippen molar-refractivity contribution in [1.82, 2.24) is 0 Å². The molecule has 0 saturated carbocycles. The monoisotopic (exact) mass is 230 g/mol. The molecule has 0 aromatic rings. The molecule has 0 rings (SSSR count). The lowest BCUT2D eigenvalue weighted by Crippen LogP contribution is -2.15. The Hall–Kier alpha value is -1.85. The van der Waals surface area contributed by atoms with E-state index in [0.29, 0.717) is 0 Å². The van der Waals surface area contributed by atoms with Gasteiger partial charge in [0.15, 0.2) is 6.61 Å². The van der Waals surface area contributed by atoms with Crippen molar-refractivity contribution in [3.05, 3.63) is 11.6 Å². The summed E-state index contributed by atoms with van der Waals surface area (Å²) in [4.78, 5) is 32.8. The van der Waals surface area contributed by atoms with E-state index >= 15 is 0 Å². The minimum Gasteiger partial charge on any atom is -0.466 e. The third-order valence-corrected chi connectivity index (χ3v) is 1.49. The molecule has 0 aliphatic rings. The van der Waals surface area contributed by atoms with Crippen LogP contribution in [-0.2, 0) is 28.6 Å². The van der Waals surface area contributed by atoms with Gasteiger partial charge in [0.2, 0.25) is 0 Å². The summed E-state index contributed by atoms with van der Waals surface area (Å²) in [5.74, 6) is -2.07. The largest absolute Gasteiger partial charge is 0.466 e. The van der Waals surface area contributed by atoms with E-state index in [-0.39, 0.29) is 12.2 Å². The van der Waals surface area contributed by atoms with Crippen LogP contribution in [0.5, 0.6) is 0 Å². The molecule has 0 spiro atoms. The van der Waals surface area contributed by atoms with Gasteiger partial charge in [-0.05, 0) is 13.8 Å². The normalized spacial score (nSPS) is 10.6. The molecule has 0 aliphatic carbocycles. The van der Waals surface area contributed by atoms with Crippen molar-refractivity contribution in [3.63, 3.8) is 0 Å². The maximum Gasteiger partial charge on any atom is 0.344 e. The van der Waals surface area contributed by atoms with E-state index in [1.807, 2.05) is 0 Å². The van der Waals surface area contributed by atoms with Crippen molar-refractivity contribution in [2.24, 2.45) is 0 Å². The quantitative estimate of drug-likeness (QED) is 0.381. The molecule has 0 N–H and O–H groups in total. The molecule has 6 heteroatoms. The van der Waals surface area contributed by atoms with Crippen molar-refractivity contribution >= 4 is 17.9 Å². The molecule has 16 heavy (non-hydrogen) atoms. The van der Waals surface area contributed by atoms with Gasteiger partial charge in [-0.2, -0.15) is 0 Å². The Balaban J connectivity index is 4.15. The Morgan fingerprint density at radius 1 is 1.19 bits per heavy atom. The van der Waals surface area contributed by atoms with E-state index in [4.69, 9.17) is 0 Å². The van der Waals surface area contributed by atoms with Crippen molar-refractivity contribution < 1.29 is 28.6 Å². The third-order valence-electron chi connectivity index (χ3n) is 1.49.